The van der Waals surface area contributed by atoms with Crippen molar-refractivity contribution in [3.63, 3.8) is 0 Å². The summed E-state index contributed by atoms with van der Waals surface area (Å²) in [6, 6.07) is 10.5. The fourth-order valence-corrected chi connectivity index (χ4v) is 2.99. The van der Waals surface area contributed by atoms with Gasteiger partial charge in [0.05, 0.1) is 31.8 Å². The molecule has 1 aromatic heterocycles. The molecule has 4 nitrogen and oxygen atoms in total. The molecule has 0 spiro atoms. The van der Waals surface area contributed by atoms with Gasteiger partial charge in [0, 0.05) is 0 Å². The van der Waals surface area contributed by atoms with Gasteiger partial charge in [-0.2, -0.15) is 0 Å². The van der Waals surface area contributed by atoms with Crippen LogP contribution in [0.5, 0.6) is 0 Å². The molecule has 0 bridgehead atoms. The van der Waals surface area contributed by atoms with Gasteiger partial charge < -0.3 is 5.11 Å². The van der Waals surface area contributed by atoms with E-state index >= 15 is 0 Å². The highest BCUT2D eigenvalue weighted by Gasteiger charge is 2.18. The van der Waals surface area contributed by atoms with E-state index in [2.05, 4.69) is 20.9 Å². The first-order valence-corrected chi connectivity index (χ1v) is 7.33. The number of aromatic nitrogens is 2. The SMILES string of the molecule is Cc1nc2cccc(C(=O)O)c2n1-c1cccc(Cl)c1Br. The number of carboxylic acids is 1. The molecule has 0 fully saturated rings. The maximum atomic E-state index is 11.5. The molecule has 0 aliphatic carbocycles. The number of hydrogen-bond acceptors (Lipinski definition) is 2. The van der Waals surface area contributed by atoms with Crippen LogP contribution in [0.1, 0.15) is 16.2 Å². The van der Waals surface area contributed by atoms with Crippen molar-refractivity contribution in [3.8, 4) is 5.69 Å². The quantitative estimate of drug-likeness (QED) is 0.730. The van der Waals surface area contributed by atoms with Crippen LogP contribution in [0.4, 0.5) is 0 Å². The van der Waals surface area contributed by atoms with Crippen LogP contribution in [0.3, 0.4) is 0 Å². The summed E-state index contributed by atoms with van der Waals surface area (Å²) in [5.74, 6) is -0.290. The van der Waals surface area contributed by atoms with Crippen molar-refractivity contribution in [2.75, 3.05) is 0 Å². The molecular weight excluding hydrogens is 356 g/mol. The molecule has 0 radical (unpaired) electrons. The zero-order chi connectivity index (χ0) is 15.1. The molecule has 0 atom stereocenters. The minimum atomic E-state index is -0.986. The topological polar surface area (TPSA) is 55.1 Å². The van der Waals surface area contributed by atoms with Gasteiger partial charge in [-0.3, -0.25) is 4.57 Å². The van der Waals surface area contributed by atoms with E-state index < -0.39 is 5.97 Å². The molecule has 0 unspecified atom stereocenters. The van der Waals surface area contributed by atoms with E-state index in [1.165, 1.54) is 0 Å². The average molecular weight is 366 g/mol. The van der Waals surface area contributed by atoms with Crippen LogP contribution >= 0.6 is 27.5 Å². The molecule has 6 heteroatoms. The van der Waals surface area contributed by atoms with Gasteiger partial charge in [0.1, 0.15) is 5.82 Å². The normalized spacial score (nSPS) is 11.0. The predicted octanol–water partition coefficient (Wildman–Crippen LogP) is 4.45. The van der Waals surface area contributed by atoms with Gasteiger partial charge in [0.15, 0.2) is 0 Å². The molecule has 1 N–H and O–H groups in total. The monoisotopic (exact) mass is 364 g/mol. The van der Waals surface area contributed by atoms with Crippen molar-refractivity contribution in [1.82, 2.24) is 9.55 Å². The molecule has 2 aromatic carbocycles. The number of fused-ring (bicyclic) bond motifs is 1. The van der Waals surface area contributed by atoms with Crippen LogP contribution < -0.4 is 0 Å². The van der Waals surface area contributed by atoms with E-state index in [-0.39, 0.29) is 5.56 Å². The van der Waals surface area contributed by atoms with Gasteiger partial charge >= 0.3 is 5.97 Å². The lowest BCUT2D eigenvalue weighted by Crippen LogP contribution is -2.04. The third-order valence-electron chi connectivity index (χ3n) is 3.25. The molecule has 0 saturated heterocycles. The van der Waals surface area contributed by atoms with Crippen molar-refractivity contribution in [2.24, 2.45) is 0 Å². The van der Waals surface area contributed by atoms with Crippen LogP contribution in [-0.4, -0.2) is 20.6 Å². The third kappa shape index (κ3) is 2.22. The molecule has 1 heterocycles. The fraction of sp³-hybridized carbons (Fsp3) is 0.0667. The van der Waals surface area contributed by atoms with Crippen LogP contribution in [0, 0.1) is 6.92 Å². The summed E-state index contributed by atoms with van der Waals surface area (Å²) < 4.78 is 2.50. The molecule has 0 aliphatic heterocycles. The first-order chi connectivity index (χ1) is 10.0. The lowest BCUT2D eigenvalue weighted by molar-refractivity contribution is 0.0698. The predicted molar refractivity (Wildman–Crippen MR) is 85.5 cm³/mol. The largest absolute Gasteiger partial charge is 0.478 e. The average Bonchev–Trinajstić information content (AvgIpc) is 2.77. The number of para-hydroxylation sites is 1. The summed E-state index contributed by atoms with van der Waals surface area (Å²) in [4.78, 5) is 15.9. The Labute approximate surface area is 134 Å². The molecule has 106 valence electrons. The maximum absolute atomic E-state index is 11.5. The molecule has 0 amide bonds. The molecule has 0 aliphatic rings. The number of carboxylic acid groups (broad SMARTS) is 1. The van der Waals surface area contributed by atoms with E-state index in [4.69, 9.17) is 11.6 Å². The summed E-state index contributed by atoms with van der Waals surface area (Å²) in [5, 5.41) is 9.97. The minimum Gasteiger partial charge on any atom is -0.478 e. The van der Waals surface area contributed by atoms with Crippen LogP contribution in [0.25, 0.3) is 16.7 Å². The van der Waals surface area contributed by atoms with Crippen molar-refractivity contribution in [2.45, 2.75) is 6.92 Å². The Balaban J connectivity index is 2.45. The van der Waals surface area contributed by atoms with E-state index in [1.54, 1.807) is 28.8 Å². The third-order valence-corrected chi connectivity index (χ3v) is 4.62. The zero-order valence-electron chi connectivity index (χ0n) is 11.0. The number of carbonyl (C=O) groups is 1. The molecule has 3 aromatic rings. The van der Waals surface area contributed by atoms with Crippen molar-refractivity contribution in [1.29, 1.82) is 0 Å². The second-order valence-corrected chi connectivity index (χ2v) is 5.75. The van der Waals surface area contributed by atoms with E-state index in [1.807, 2.05) is 19.1 Å². The Kier molecular flexibility index (Phi) is 3.47. The van der Waals surface area contributed by atoms with Crippen molar-refractivity contribution >= 4 is 44.5 Å². The van der Waals surface area contributed by atoms with E-state index in [0.29, 0.717) is 26.4 Å². The van der Waals surface area contributed by atoms with Crippen molar-refractivity contribution in [3.05, 3.63) is 57.3 Å². The van der Waals surface area contributed by atoms with Crippen LogP contribution in [0.2, 0.25) is 5.02 Å². The first kappa shape index (κ1) is 14.1. The molecule has 21 heavy (non-hydrogen) atoms. The zero-order valence-corrected chi connectivity index (χ0v) is 13.3. The maximum Gasteiger partial charge on any atom is 0.337 e. The Bertz CT molecular complexity index is 873. The summed E-state index contributed by atoms with van der Waals surface area (Å²) in [5.41, 5.74) is 2.17. The van der Waals surface area contributed by atoms with Crippen LogP contribution in [0.15, 0.2) is 40.9 Å². The van der Waals surface area contributed by atoms with Gasteiger partial charge in [0.25, 0.3) is 0 Å². The molecule has 0 saturated carbocycles. The molecule has 3 rings (SSSR count). The Morgan fingerprint density at radius 2 is 2.00 bits per heavy atom. The summed E-state index contributed by atoms with van der Waals surface area (Å²) >= 11 is 9.59. The number of rotatable bonds is 2. The highest BCUT2D eigenvalue weighted by Crippen LogP contribution is 2.33. The fourth-order valence-electron chi connectivity index (χ4n) is 2.38. The summed E-state index contributed by atoms with van der Waals surface area (Å²) in [6.07, 6.45) is 0. The number of aryl methyl sites for hydroxylation is 1. The highest BCUT2D eigenvalue weighted by molar-refractivity contribution is 9.10. The van der Waals surface area contributed by atoms with Gasteiger partial charge in [-0.1, -0.05) is 23.7 Å². The number of hydrogen-bond donors (Lipinski definition) is 1. The minimum absolute atomic E-state index is 0.208. The van der Waals surface area contributed by atoms with Gasteiger partial charge in [-0.25, -0.2) is 9.78 Å². The highest BCUT2D eigenvalue weighted by atomic mass is 79.9. The van der Waals surface area contributed by atoms with Gasteiger partial charge in [0.2, 0.25) is 0 Å². The standard InChI is InChI=1S/C15H10BrClN2O2/c1-8-18-11-6-2-4-9(15(20)21)14(11)19(8)12-7-3-5-10(17)13(12)16/h2-7H,1H3,(H,20,21). The van der Waals surface area contributed by atoms with E-state index in [0.717, 1.165) is 5.69 Å². The second kappa shape index (κ2) is 5.16. The Hall–Kier alpha value is -1.85. The van der Waals surface area contributed by atoms with E-state index in [9.17, 15) is 9.90 Å². The summed E-state index contributed by atoms with van der Waals surface area (Å²) in [6.45, 7) is 1.83. The first-order valence-electron chi connectivity index (χ1n) is 6.16. The van der Waals surface area contributed by atoms with Crippen LogP contribution in [-0.2, 0) is 0 Å². The lowest BCUT2D eigenvalue weighted by Gasteiger charge is -2.11. The number of imidazole rings is 1. The van der Waals surface area contributed by atoms with Gasteiger partial charge in [-0.05, 0) is 47.1 Å². The number of halogens is 2. The number of benzene rings is 2. The van der Waals surface area contributed by atoms with Crippen molar-refractivity contribution < 1.29 is 9.90 Å². The Morgan fingerprint density at radius 1 is 1.29 bits per heavy atom. The summed E-state index contributed by atoms with van der Waals surface area (Å²) in [7, 11) is 0. The smallest absolute Gasteiger partial charge is 0.337 e. The lowest BCUT2D eigenvalue weighted by atomic mass is 10.1. The van der Waals surface area contributed by atoms with Gasteiger partial charge in [-0.15, -0.1) is 0 Å². The molecular formula is C15H10BrClN2O2. The number of nitrogens with zero attached hydrogens (tertiary/aromatic N) is 2. The Morgan fingerprint density at radius 3 is 2.71 bits per heavy atom. The second-order valence-electron chi connectivity index (χ2n) is 4.55. The number of aromatic carboxylic acids is 1.